The molecule has 0 amide bonds. The van der Waals surface area contributed by atoms with Gasteiger partial charge in [-0.1, -0.05) is 11.6 Å². The molecule has 0 fully saturated rings. The lowest BCUT2D eigenvalue weighted by Crippen LogP contribution is -2.12. The van der Waals surface area contributed by atoms with Gasteiger partial charge < -0.3 is 9.55 Å². The van der Waals surface area contributed by atoms with Gasteiger partial charge in [-0.05, 0) is 81.0 Å². The van der Waals surface area contributed by atoms with Crippen LogP contribution in [0.1, 0.15) is 51.6 Å². The quantitative estimate of drug-likeness (QED) is 0.291. The molecule has 184 valence electrons. The molecule has 0 saturated heterocycles. The van der Waals surface area contributed by atoms with Crippen molar-refractivity contribution in [2.24, 2.45) is 0 Å². The molecule has 4 aromatic rings. The highest BCUT2D eigenvalue weighted by Crippen LogP contribution is 2.36. The summed E-state index contributed by atoms with van der Waals surface area (Å²) in [5.74, 6) is 0.163. The number of rotatable bonds is 3. The number of nitrogens with zero attached hydrogens (tertiary/aromatic N) is 3. The number of allylic oxidation sites excluding steroid dienone is 1. The molecule has 0 aliphatic heterocycles. The highest BCUT2D eigenvalue weighted by molar-refractivity contribution is 7.18. The first-order valence-electron chi connectivity index (χ1n) is 11.3. The summed E-state index contributed by atoms with van der Waals surface area (Å²) in [6, 6.07) is 7.03. The highest BCUT2D eigenvalue weighted by Gasteiger charge is 2.31. The number of thiophene rings is 1. The Morgan fingerprint density at radius 2 is 2.00 bits per heavy atom. The van der Waals surface area contributed by atoms with Crippen molar-refractivity contribution in [2.75, 3.05) is 0 Å². The maximum atomic E-state index is 13.3. The van der Waals surface area contributed by atoms with Crippen molar-refractivity contribution < 1.29 is 13.2 Å². The van der Waals surface area contributed by atoms with Crippen molar-refractivity contribution in [3.8, 4) is 11.8 Å². The molecule has 1 aliphatic carbocycles. The molecule has 0 radical (unpaired) electrons. The summed E-state index contributed by atoms with van der Waals surface area (Å²) in [7, 11) is 0. The molecule has 36 heavy (non-hydrogen) atoms. The molecule has 0 unspecified atom stereocenters. The molecule has 0 bridgehead atoms. The van der Waals surface area contributed by atoms with Gasteiger partial charge in [0.2, 0.25) is 0 Å². The number of benzene rings is 1. The smallest absolute Gasteiger partial charge is 0.316 e. The van der Waals surface area contributed by atoms with E-state index in [1.807, 2.05) is 0 Å². The summed E-state index contributed by atoms with van der Waals surface area (Å²) in [6.07, 6.45) is 0.967. The van der Waals surface area contributed by atoms with E-state index in [1.165, 1.54) is 22.3 Å². The van der Waals surface area contributed by atoms with Crippen molar-refractivity contribution in [3.63, 3.8) is 0 Å². The summed E-state index contributed by atoms with van der Waals surface area (Å²) < 4.78 is 41.6. The monoisotopic (exact) mass is 528 g/mol. The van der Waals surface area contributed by atoms with Crippen LogP contribution in [0.4, 0.5) is 13.2 Å². The van der Waals surface area contributed by atoms with Crippen LogP contribution in [-0.2, 0) is 19.0 Å². The Morgan fingerprint density at radius 1 is 1.25 bits per heavy atom. The normalized spacial score (nSPS) is 14.2. The predicted molar refractivity (Wildman–Crippen MR) is 136 cm³/mol. The van der Waals surface area contributed by atoms with Gasteiger partial charge in [-0.2, -0.15) is 18.4 Å². The predicted octanol–water partition coefficient (Wildman–Crippen LogP) is 7.01. The average Bonchev–Trinajstić information content (AvgIpc) is 3.33. The van der Waals surface area contributed by atoms with Crippen LogP contribution in [0.25, 0.3) is 27.6 Å². The number of nitrogens with one attached hydrogen (secondary N) is 1. The van der Waals surface area contributed by atoms with Gasteiger partial charge in [0.15, 0.2) is 5.82 Å². The minimum absolute atomic E-state index is 0.149. The maximum Gasteiger partial charge on any atom is 0.416 e. The summed E-state index contributed by atoms with van der Waals surface area (Å²) in [4.78, 5) is 22.1. The van der Waals surface area contributed by atoms with E-state index in [4.69, 9.17) is 11.6 Å². The number of alkyl halides is 3. The van der Waals surface area contributed by atoms with Crippen molar-refractivity contribution in [1.29, 1.82) is 5.26 Å². The van der Waals surface area contributed by atoms with Crippen LogP contribution < -0.4 is 5.56 Å². The molecular weight excluding hydrogens is 509 g/mol. The zero-order valence-electron chi connectivity index (χ0n) is 19.4. The molecule has 1 aliphatic rings. The first-order chi connectivity index (χ1) is 17.1. The number of nitriles is 1. The number of fused-ring (bicyclic) bond motifs is 3. The van der Waals surface area contributed by atoms with E-state index in [0.717, 1.165) is 43.4 Å². The molecule has 1 aromatic carbocycles. The van der Waals surface area contributed by atoms with Crippen LogP contribution in [0.3, 0.4) is 0 Å². The van der Waals surface area contributed by atoms with Gasteiger partial charge in [-0.3, -0.25) is 4.79 Å². The lowest BCUT2D eigenvalue weighted by molar-refractivity contribution is -0.137. The fraction of sp³-hybridized carbons (Fsp3) is 0.269. The van der Waals surface area contributed by atoms with Crippen LogP contribution in [-0.4, -0.2) is 14.5 Å². The number of H-pyrrole nitrogens is 1. The van der Waals surface area contributed by atoms with Crippen LogP contribution in [0.2, 0.25) is 5.02 Å². The van der Waals surface area contributed by atoms with Gasteiger partial charge >= 0.3 is 6.18 Å². The molecule has 3 aromatic heterocycles. The first-order valence-corrected chi connectivity index (χ1v) is 12.5. The zero-order chi connectivity index (χ0) is 25.8. The molecule has 1 N–H and O–H groups in total. The van der Waals surface area contributed by atoms with Crippen molar-refractivity contribution in [1.82, 2.24) is 14.5 Å². The Hall–Kier alpha value is -3.35. The molecule has 10 heteroatoms. The van der Waals surface area contributed by atoms with Gasteiger partial charge in [0.1, 0.15) is 10.9 Å². The minimum Gasteiger partial charge on any atom is -0.316 e. The summed E-state index contributed by atoms with van der Waals surface area (Å²) in [5.41, 5.74) is 2.16. The molecule has 0 atom stereocenters. The number of aromatic amines is 1. The second-order valence-corrected chi connectivity index (χ2v) is 10.3. The van der Waals surface area contributed by atoms with Gasteiger partial charge in [0.05, 0.1) is 27.2 Å². The van der Waals surface area contributed by atoms with E-state index in [-0.39, 0.29) is 27.7 Å². The summed E-state index contributed by atoms with van der Waals surface area (Å²) in [5, 5.41) is 10.7. The fourth-order valence-corrected chi connectivity index (χ4v) is 6.23. The van der Waals surface area contributed by atoms with Gasteiger partial charge in [0.25, 0.3) is 5.56 Å². The third-order valence-corrected chi connectivity index (χ3v) is 7.99. The van der Waals surface area contributed by atoms with Crippen LogP contribution >= 0.6 is 22.9 Å². The number of aromatic nitrogens is 3. The number of halogens is 4. The van der Waals surface area contributed by atoms with Crippen LogP contribution in [0.15, 0.2) is 29.1 Å². The Morgan fingerprint density at radius 3 is 2.72 bits per heavy atom. The van der Waals surface area contributed by atoms with Gasteiger partial charge in [-0.25, -0.2) is 4.98 Å². The number of aryl methyl sites for hydroxylation is 3. The van der Waals surface area contributed by atoms with E-state index in [9.17, 15) is 23.2 Å². The van der Waals surface area contributed by atoms with Crippen molar-refractivity contribution >= 4 is 44.8 Å². The Labute approximate surface area is 213 Å². The lowest BCUT2D eigenvalue weighted by atomic mass is 9.97. The van der Waals surface area contributed by atoms with E-state index < -0.39 is 11.7 Å². The maximum absolute atomic E-state index is 13.3. The van der Waals surface area contributed by atoms with E-state index >= 15 is 0 Å². The topological polar surface area (TPSA) is 74.5 Å². The van der Waals surface area contributed by atoms with Crippen LogP contribution in [0.5, 0.6) is 0 Å². The second kappa shape index (κ2) is 8.95. The lowest BCUT2D eigenvalue weighted by Gasteiger charge is -2.15. The molecule has 0 spiro atoms. The van der Waals surface area contributed by atoms with E-state index in [0.29, 0.717) is 27.2 Å². The number of hydrogen-bond acceptors (Lipinski definition) is 4. The standard InChI is InChI=1S/C26H20ClF3N4OS/c1-13-9-15(14(2)34(13)20-11-17(26(28,29)30)7-8-19(20)27)10-16(12-31)23-32-24(35)22-18-5-3-4-6-21(18)36-25(22)33-23/h7-11H,3-6H2,1-2H3,(H,32,33,35)/b16-10+. The Balaban J connectivity index is 1.61. The third kappa shape index (κ3) is 4.14. The SMILES string of the molecule is Cc1cc(/C=C(\C#N)c2nc3sc4c(c3c(=O)[nH]2)CCCC4)c(C)n1-c1cc(C(F)(F)F)ccc1Cl. The summed E-state index contributed by atoms with van der Waals surface area (Å²) in [6.45, 7) is 3.48. The molecule has 0 saturated carbocycles. The largest absolute Gasteiger partial charge is 0.416 e. The minimum atomic E-state index is -4.51. The molecular formula is C26H20ClF3N4OS. The number of hydrogen-bond donors (Lipinski definition) is 1. The van der Waals surface area contributed by atoms with Crippen molar-refractivity contribution in [3.05, 3.63) is 78.4 Å². The highest BCUT2D eigenvalue weighted by atomic mass is 35.5. The fourth-order valence-electron chi connectivity index (χ4n) is 4.77. The average molecular weight is 529 g/mol. The zero-order valence-corrected chi connectivity index (χ0v) is 21.0. The van der Waals surface area contributed by atoms with Crippen molar-refractivity contribution in [2.45, 2.75) is 45.7 Å². The molecule has 5 nitrogen and oxygen atoms in total. The van der Waals surface area contributed by atoms with Gasteiger partial charge in [-0.15, -0.1) is 11.3 Å². The molecule has 3 heterocycles. The van der Waals surface area contributed by atoms with Crippen LogP contribution in [0, 0.1) is 25.2 Å². The van der Waals surface area contributed by atoms with E-state index in [1.54, 1.807) is 30.6 Å². The third-order valence-electron chi connectivity index (χ3n) is 6.49. The first kappa shape index (κ1) is 24.3. The Bertz CT molecular complexity index is 1650. The van der Waals surface area contributed by atoms with E-state index in [2.05, 4.69) is 16.0 Å². The summed E-state index contributed by atoms with van der Waals surface area (Å²) >= 11 is 7.77. The Kier molecular flexibility index (Phi) is 6.05. The molecule has 5 rings (SSSR count). The second-order valence-electron chi connectivity index (χ2n) is 8.80. The van der Waals surface area contributed by atoms with Gasteiger partial charge in [0, 0.05) is 16.3 Å².